The Morgan fingerprint density at radius 3 is 2.69 bits per heavy atom. The molecule has 0 spiro atoms. The van der Waals surface area contributed by atoms with Gasteiger partial charge in [0.25, 0.3) is 0 Å². The van der Waals surface area contributed by atoms with E-state index in [1.165, 1.54) is 5.56 Å². The Labute approximate surface area is 94.6 Å². The highest BCUT2D eigenvalue weighted by Gasteiger charge is 2.04. The largest absolute Gasteiger partial charge is 0.394 e. The summed E-state index contributed by atoms with van der Waals surface area (Å²) in [5.41, 5.74) is 8.35. The van der Waals surface area contributed by atoms with Gasteiger partial charge in [0.2, 0.25) is 0 Å². The first kappa shape index (κ1) is 10.5. The van der Waals surface area contributed by atoms with Crippen molar-refractivity contribution >= 4 is 11.8 Å². The molecule has 3 heteroatoms. The van der Waals surface area contributed by atoms with Gasteiger partial charge in [0.05, 0.1) is 0 Å². The molecule has 0 bridgehead atoms. The maximum absolute atomic E-state index is 5.77. The van der Waals surface area contributed by atoms with Crippen molar-refractivity contribution in [2.45, 2.75) is 13.3 Å². The van der Waals surface area contributed by atoms with Crippen molar-refractivity contribution in [2.24, 2.45) is 0 Å². The van der Waals surface area contributed by atoms with Gasteiger partial charge < -0.3 is 10.3 Å². The number of anilines is 1. The number of aromatic nitrogens is 1. The van der Waals surface area contributed by atoms with Crippen LogP contribution >= 0.6 is 0 Å². The number of nitrogen functional groups attached to an aromatic ring is 1. The van der Waals surface area contributed by atoms with E-state index >= 15 is 0 Å². The highest BCUT2D eigenvalue weighted by atomic mass is 16.5. The standard InChI is InChI=1S/C13H14N2O/c1-10-13(14)12(15-16-10)9-5-8-11-6-3-2-4-7-11/h2-7,9H,8,14H2,1H3/b9-5+. The van der Waals surface area contributed by atoms with Crippen LogP contribution in [-0.2, 0) is 6.42 Å². The summed E-state index contributed by atoms with van der Waals surface area (Å²) in [5.74, 6) is 0.666. The van der Waals surface area contributed by atoms with Gasteiger partial charge in [-0.05, 0) is 25.0 Å². The van der Waals surface area contributed by atoms with Crippen LogP contribution < -0.4 is 5.73 Å². The van der Waals surface area contributed by atoms with Crippen LogP contribution in [0.5, 0.6) is 0 Å². The van der Waals surface area contributed by atoms with Crippen molar-refractivity contribution in [3.63, 3.8) is 0 Å². The zero-order valence-corrected chi connectivity index (χ0v) is 9.18. The van der Waals surface area contributed by atoms with Crippen LogP contribution in [0.1, 0.15) is 17.0 Å². The number of allylic oxidation sites excluding steroid dienone is 1. The van der Waals surface area contributed by atoms with Crippen molar-refractivity contribution in [2.75, 3.05) is 5.73 Å². The van der Waals surface area contributed by atoms with E-state index in [2.05, 4.69) is 17.3 Å². The van der Waals surface area contributed by atoms with E-state index in [0.717, 1.165) is 6.42 Å². The quantitative estimate of drug-likeness (QED) is 0.854. The molecule has 0 aliphatic carbocycles. The zero-order valence-electron chi connectivity index (χ0n) is 9.18. The normalized spacial score (nSPS) is 11.1. The van der Waals surface area contributed by atoms with Crippen molar-refractivity contribution in [3.05, 3.63) is 53.4 Å². The average Bonchev–Trinajstić information content (AvgIpc) is 2.62. The Kier molecular flexibility index (Phi) is 3.05. The summed E-state index contributed by atoms with van der Waals surface area (Å²) in [7, 11) is 0. The second-order valence-electron chi connectivity index (χ2n) is 3.63. The molecule has 0 fully saturated rings. The summed E-state index contributed by atoms with van der Waals surface area (Å²) in [6.45, 7) is 1.80. The van der Waals surface area contributed by atoms with E-state index < -0.39 is 0 Å². The summed E-state index contributed by atoms with van der Waals surface area (Å²) < 4.78 is 4.97. The van der Waals surface area contributed by atoms with Crippen molar-refractivity contribution in [3.8, 4) is 0 Å². The summed E-state index contributed by atoms with van der Waals surface area (Å²) in [6.07, 6.45) is 4.79. The first-order valence-electron chi connectivity index (χ1n) is 5.19. The van der Waals surface area contributed by atoms with Crippen molar-refractivity contribution < 1.29 is 4.52 Å². The SMILES string of the molecule is Cc1onc(/C=C/Cc2ccccc2)c1N. The number of rotatable bonds is 3. The molecule has 0 saturated heterocycles. The van der Waals surface area contributed by atoms with Gasteiger partial charge in [-0.25, -0.2) is 0 Å². The van der Waals surface area contributed by atoms with Gasteiger partial charge in [-0.15, -0.1) is 0 Å². The minimum absolute atomic E-state index is 0.615. The lowest BCUT2D eigenvalue weighted by Gasteiger charge is -1.93. The van der Waals surface area contributed by atoms with Crippen LogP contribution in [0, 0.1) is 6.92 Å². The summed E-state index contributed by atoms with van der Waals surface area (Å²) in [6, 6.07) is 10.2. The minimum atomic E-state index is 0.615. The second kappa shape index (κ2) is 4.66. The molecule has 0 radical (unpaired) electrons. The van der Waals surface area contributed by atoms with E-state index in [1.54, 1.807) is 6.92 Å². The molecular weight excluding hydrogens is 200 g/mol. The Hall–Kier alpha value is -2.03. The monoisotopic (exact) mass is 214 g/mol. The molecule has 0 unspecified atom stereocenters. The van der Waals surface area contributed by atoms with E-state index in [9.17, 15) is 0 Å². The Balaban J connectivity index is 2.03. The van der Waals surface area contributed by atoms with Crippen molar-refractivity contribution in [1.29, 1.82) is 0 Å². The van der Waals surface area contributed by atoms with E-state index in [4.69, 9.17) is 10.3 Å². The number of benzene rings is 1. The zero-order chi connectivity index (χ0) is 11.4. The molecule has 0 aliphatic heterocycles. The number of aryl methyl sites for hydroxylation is 1. The van der Waals surface area contributed by atoms with Gasteiger partial charge >= 0.3 is 0 Å². The number of nitrogens with zero attached hydrogens (tertiary/aromatic N) is 1. The van der Waals surface area contributed by atoms with Crippen LogP contribution in [0.15, 0.2) is 40.9 Å². The number of hydrogen-bond acceptors (Lipinski definition) is 3. The third-order valence-electron chi connectivity index (χ3n) is 2.41. The van der Waals surface area contributed by atoms with Crippen LogP contribution in [0.2, 0.25) is 0 Å². The van der Waals surface area contributed by atoms with Gasteiger partial charge in [-0.2, -0.15) is 0 Å². The molecule has 16 heavy (non-hydrogen) atoms. The van der Waals surface area contributed by atoms with Crippen LogP contribution in [0.4, 0.5) is 5.69 Å². The maximum atomic E-state index is 5.77. The molecule has 3 nitrogen and oxygen atoms in total. The Bertz CT molecular complexity index is 486. The van der Waals surface area contributed by atoms with Gasteiger partial charge in [0.1, 0.15) is 11.4 Å². The predicted molar refractivity (Wildman–Crippen MR) is 64.8 cm³/mol. The minimum Gasteiger partial charge on any atom is -0.394 e. The molecule has 0 amide bonds. The molecular formula is C13H14N2O. The molecule has 2 rings (SSSR count). The van der Waals surface area contributed by atoms with Gasteiger partial charge in [0.15, 0.2) is 5.76 Å². The molecule has 0 saturated carbocycles. The summed E-state index contributed by atoms with van der Waals surface area (Å²) in [4.78, 5) is 0. The van der Waals surface area contributed by atoms with E-state index in [-0.39, 0.29) is 0 Å². The highest BCUT2D eigenvalue weighted by Crippen LogP contribution is 2.16. The maximum Gasteiger partial charge on any atom is 0.157 e. The molecule has 1 aromatic carbocycles. The average molecular weight is 214 g/mol. The summed E-state index contributed by atoms with van der Waals surface area (Å²) >= 11 is 0. The molecule has 82 valence electrons. The molecule has 1 aromatic heterocycles. The lowest BCUT2D eigenvalue weighted by atomic mass is 10.1. The molecule has 2 aromatic rings. The second-order valence-corrected chi connectivity index (χ2v) is 3.63. The Morgan fingerprint density at radius 2 is 2.06 bits per heavy atom. The highest BCUT2D eigenvalue weighted by molar-refractivity contribution is 5.61. The van der Waals surface area contributed by atoms with Crippen LogP contribution in [-0.4, -0.2) is 5.16 Å². The third-order valence-corrected chi connectivity index (χ3v) is 2.41. The predicted octanol–water partition coefficient (Wildman–Crippen LogP) is 2.82. The topological polar surface area (TPSA) is 52.0 Å². The lowest BCUT2D eigenvalue weighted by Crippen LogP contribution is -1.87. The fourth-order valence-electron chi connectivity index (χ4n) is 1.44. The van der Waals surface area contributed by atoms with E-state index in [0.29, 0.717) is 17.1 Å². The lowest BCUT2D eigenvalue weighted by molar-refractivity contribution is 0.396. The first-order valence-corrected chi connectivity index (χ1v) is 5.19. The van der Waals surface area contributed by atoms with Gasteiger partial charge in [-0.3, -0.25) is 0 Å². The molecule has 2 N–H and O–H groups in total. The van der Waals surface area contributed by atoms with Crippen LogP contribution in [0.25, 0.3) is 6.08 Å². The Morgan fingerprint density at radius 1 is 1.31 bits per heavy atom. The summed E-state index contributed by atoms with van der Waals surface area (Å²) in [5, 5.41) is 3.86. The van der Waals surface area contributed by atoms with Gasteiger partial charge in [-0.1, -0.05) is 41.6 Å². The first-order chi connectivity index (χ1) is 7.77. The van der Waals surface area contributed by atoms with Gasteiger partial charge in [0, 0.05) is 0 Å². The third kappa shape index (κ3) is 2.31. The number of hydrogen-bond donors (Lipinski definition) is 1. The fourth-order valence-corrected chi connectivity index (χ4v) is 1.44. The molecule has 0 aliphatic rings. The fraction of sp³-hybridized carbons (Fsp3) is 0.154. The number of nitrogens with two attached hydrogens (primary N) is 1. The molecule has 1 heterocycles. The smallest absolute Gasteiger partial charge is 0.157 e. The van der Waals surface area contributed by atoms with E-state index in [1.807, 2.05) is 30.4 Å². The molecule has 0 atom stereocenters. The van der Waals surface area contributed by atoms with Crippen molar-refractivity contribution in [1.82, 2.24) is 5.16 Å². The van der Waals surface area contributed by atoms with Crippen LogP contribution in [0.3, 0.4) is 0 Å².